The molecule has 2 amide bonds. The van der Waals surface area contributed by atoms with Crippen molar-refractivity contribution in [1.29, 1.82) is 0 Å². The third-order valence-corrected chi connectivity index (χ3v) is 6.00. The third-order valence-electron chi connectivity index (χ3n) is 4.25. The van der Waals surface area contributed by atoms with Crippen molar-refractivity contribution in [2.24, 2.45) is 5.10 Å². The molecular formula is C14H23N3O5S. The lowest BCUT2D eigenvalue weighted by Gasteiger charge is -2.30. The van der Waals surface area contributed by atoms with Crippen LogP contribution in [0.15, 0.2) is 5.10 Å². The van der Waals surface area contributed by atoms with E-state index < -0.39 is 15.9 Å². The van der Waals surface area contributed by atoms with Gasteiger partial charge in [-0.25, -0.2) is 13.4 Å². The van der Waals surface area contributed by atoms with Gasteiger partial charge < -0.3 is 9.64 Å². The maximum absolute atomic E-state index is 12.5. The summed E-state index contributed by atoms with van der Waals surface area (Å²) in [5, 5.41) is 5.38. The molecule has 0 aliphatic carbocycles. The van der Waals surface area contributed by atoms with Gasteiger partial charge in [-0.2, -0.15) is 5.10 Å². The highest BCUT2D eigenvalue weighted by molar-refractivity contribution is 7.91. The number of amides is 2. The molecule has 0 N–H and O–H groups in total. The Morgan fingerprint density at radius 3 is 2.74 bits per heavy atom. The molecule has 9 heteroatoms. The molecule has 130 valence electrons. The van der Waals surface area contributed by atoms with Crippen molar-refractivity contribution in [2.45, 2.75) is 38.3 Å². The van der Waals surface area contributed by atoms with Crippen LogP contribution in [0.4, 0.5) is 0 Å². The van der Waals surface area contributed by atoms with E-state index in [0.717, 1.165) is 0 Å². The molecule has 2 atom stereocenters. The van der Waals surface area contributed by atoms with Crippen LogP contribution in [0.5, 0.6) is 0 Å². The lowest BCUT2D eigenvalue weighted by Crippen LogP contribution is -2.46. The van der Waals surface area contributed by atoms with E-state index in [1.54, 1.807) is 14.2 Å². The zero-order valence-corrected chi connectivity index (χ0v) is 14.5. The van der Waals surface area contributed by atoms with E-state index in [0.29, 0.717) is 18.7 Å². The van der Waals surface area contributed by atoms with Crippen molar-refractivity contribution < 1.29 is 22.7 Å². The average Bonchev–Trinajstić information content (AvgIpc) is 2.86. The zero-order chi connectivity index (χ0) is 17.2. The second-order valence-corrected chi connectivity index (χ2v) is 8.29. The molecule has 0 aromatic rings. The van der Waals surface area contributed by atoms with Gasteiger partial charge in [0, 0.05) is 27.0 Å². The summed E-state index contributed by atoms with van der Waals surface area (Å²) in [6.07, 6.45) is 0.820. The van der Waals surface area contributed by atoms with E-state index >= 15 is 0 Å². The van der Waals surface area contributed by atoms with Crippen LogP contribution in [0.25, 0.3) is 0 Å². The van der Waals surface area contributed by atoms with E-state index in [1.807, 2.05) is 6.92 Å². The molecule has 8 nitrogen and oxygen atoms in total. The zero-order valence-electron chi connectivity index (χ0n) is 13.7. The number of sulfone groups is 1. The minimum atomic E-state index is -3.12. The summed E-state index contributed by atoms with van der Waals surface area (Å²) < 4.78 is 28.2. The van der Waals surface area contributed by atoms with Gasteiger partial charge in [0.1, 0.15) is 5.71 Å². The molecule has 0 bridgehead atoms. The van der Waals surface area contributed by atoms with Crippen molar-refractivity contribution in [3.63, 3.8) is 0 Å². The summed E-state index contributed by atoms with van der Waals surface area (Å²) in [5.41, 5.74) is 0.291. The first kappa shape index (κ1) is 17.9. The SMILES string of the molecule is COC[C@@H](C)N(C)C(=O)C1=NN([C@@H]2CCS(=O)(=O)C2)C(=O)CC1. The molecule has 0 aromatic heterocycles. The molecule has 0 spiro atoms. The van der Waals surface area contributed by atoms with E-state index in [1.165, 1.54) is 9.91 Å². The molecular weight excluding hydrogens is 322 g/mol. The number of rotatable bonds is 5. The van der Waals surface area contributed by atoms with Gasteiger partial charge in [-0.05, 0) is 13.3 Å². The van der Waals surface area contributed by atoms with Gasteiger partial charge in [0.15, 0.2) is 9.84 Å². The number of likely N-dealkylation sites (N-methyl/N-ethyl adjacent to an activating group) is 1. The molecule has 0 aromatic carbocycles. The predicted octanol–water partition coefficient (Wildman–Crippen LogP) is -0.355. The Morgan fingerprint density at radius 2 is 2.17 bits per heavy atom. The van der Waals surface area contributed by atoms with Gasteiger partial charge in [-0.15, -0.1) is 0 Å². The molecule has 2 heterocycles. The largest absolute Gasteiger partial charge is 0.383 e. The summed E-state index contributed by atoms with van der Waals surface area (Å²) in [7, 11) is 0.107. The van der Waals surface area contributed by atoms with Crippen molar-refractivity contribution in [3.8, 4) is 0 Å². The number of methoxy groups -OCH3 is 1. The van der Waals surface area contributed by atoms with Crippen LogP contribution in [0.2, 0.25) is 0 Å². The maximum atomic E-state index is 12.5. The Kier molecular flexibility index (Phi) is 5.41. The second-order valence-electron chi connectivity index (χ2n) is 6.06. The molecule has 2 aliphatic heterocycles. The summed E-state index contributed by atoms with van der Waals surface area (Å²) in [6, 6.07) is -0.578. The Balaban J connectivity index is 2.14. The highest BCUT2D eigenvalue weighted by Crippen LogP contribution is 2.22. The maximum Gasteiger partial charge on any atom is 0.270 e. The fourth-order valence-corrected chi connectivity index (χ4v) is 4.43. The van der Waals surface area contributed by atoms with Crippen LogP contribution in [0.3, 0.4) is 0 Å². The number of nitrogens with zero attached hydrogens (tertiary/aromatic N) is 3. The van der Waals surface area contributed by atoms with Gasteiger partial charge in [-0.1, -0.05) is 0 Å². The highest BCUT2D eigenvalue weighted by atomic mass is 32.2. The number of carbonyl (C=O) groups excluding carboxylic acids is 2. The van der Waals surface area contributed by atoms with E-state index in [9.17, 15) is 18.0 Å². The van der Waals surface area contributed by atoms with Crippen molar-refractivity contribution in [3.05, 3.63) is 0 Å². The van der Waals surface area contributed by atoms with E-state index in [2.05, 4.69) is 5.10 Å². The monoisotopic (exact) mass is 345 g/mol. The van der Waals surface area contributed by atoms with Crippen LogP contribution < -0.4 is 0 Å². The van der Waals surface area contributed by atoms with Crippen LogP contribution in [0.1, 0.15) is 26.2 Å². The van der Waals surface area contributed by atoms with E-state index in [-0.39, 0.29) is 42.2 Å². The van der Waals surface area contributed by atoms with Crippen LogP contribution in [-0.4, -0.2) is 80.2 Å². The second kappa shape index (κ2) is 6.96. The van der Waals surface area contributed by atoms with Gasteiger partial charge >= 0.3 is 0 Å². The molecule has 2 aliphatic rings. The highest BCUT2D eigenvalue weighted by Gasteiger charge is 2.37. The summed E-state index contributed by atoms with van der Waals surface area (Å²) >= 11 is 0. The normalized spacial score (nSPS) is 25.2. The Bertz CT molecular complexity index is 616. The lowest BCUT2D eigenvalue weighted by molar-refractivity contribution is -0.134. The quantitative estimate of drug-likeness (QED) is 0.678. The van der Waals surface area contributed by atoms with Crippen LogP contribution in [0, 0.1) is 0 Å². The summed E-state index contributed by atoms with van der Waals surface area (Å²) in [6.45, 7) is 2.26. The molecule has 0 radical (unpaired) electrons. The fraction of sp³-hybridized carbons (Fsp3) is 0.786. The summed E-state index contributed by atoms with van der Waals surface area (Å²) in [4.78, 5) is 26.1. The Morgan fingerprint density at radius 1 is 1.48 bits per heavy atom. The van der Waals surface area contributed by atoms with Crippen LogP contribution in [-0.2, 0) is 24.2 Å². The number of hydrazone groups is 1. The number of carbonyl (C=O) groups is 2. The van der Waals surface area contributed by atoms with Gasteiger partial charge in [-0.3, -0.25) is 9.59 Å². The van der Waals surface area contributed by atoms with Crippen molar-refractivity contribution in [1.82, 2.24) is 9.91 Å². The Hall–Kier alpha value is -1.48. The van der Waals surface area contributed by atoms with Gasteiger partial charge in [0.25, 0.3) is 5.91 Å². The summed E-state index contributed by atoms with van der Waals surface area (Å²) in [5.74, 6) is -0.505. The smallest absolute Gasteiger partial charge is 0.270 e. The molecule has 0 unspecified atom stereocenters. The number of hydrogen-bond donors (Lipinski definition) is 0. The van der Waals surface area contributed by atoms with Gasteiger partial charge in [0.2, 0.25) is 5.91 Å². The first-order chi connectivity index (χ1) is 10.7. The molecule has 2 rings (SSSR count). The predicted molar refractivity (Wildman–Crippen MR) is 84.7 cm³/mol. The first-order valence-corrected chi connectivity index (χ1v) is 9.43. The molecule has 1 saturated heterocycles. The standard InChI is InChI=1S/C14H23N3O5S/c1-10(8-22-3)16(2)14(19)12-4-5-13(18)17(15-12)11-6-7-23(20,21)9-11/h10-11H,4-9H2,1-3H3/t10-,11-/m1/s1. The van der Waals surface area contributed by atoms with E-state index in [4.69, 9.17) is 4.74 Å². The van der Waals surface area contributed by atoms with Gasteiger partial charge in [0.05, 0.1) is 30.2 Å². The van der Waals surface area contributed by atoms with Crippen molar-refractivity contribution in [2.75, 3.05) is 32.3 Å². The lowest BCUT2D eigenvalue weighted by atomic mass is 10.1. The molecule has 0 saturated carbocycles. The topological polar surface area (TPSA) is 96.3 Å². The number of hydrogen-bond acceptors (Lipinski definition) is 6. The van der Waals surface area contributed by atoms with Crippen molar-refractivity contribution >= 4 is 27.4 Å². The molecule has 23 heavy (non-hydrogen) atoms. The average molecular weight is 345 g/mol. The number of ether oxygens (including phenoxy) is 1. The molecule has 1 fully saturated rings. The fourth-order valence-electron chi connectivity index (χ4n) is 2.74. The minimum absolute atomic E-state index is 0.0605. The minimum Gasteiger partial charge on any atom is -0.383 e. The Labute approximate surface area is 136 Å². The first-order valence-electron chi connectivity index (χ1n) is 7.61. The van der Waals surface area contributed by atoms with Crippen LogP contribution >= 0.6 is 0 Å². The third kappa shape index (κ3) is 4.08.